The Balaban J connectivity index is 0. The van der Waals surface area contributed by atoms with Crippen molar-refractivity contribution in [3.63, 3.8) is 0 Å². The molecule has 0 N–H and O–H groups in total. The Hall–Kier alpha value is -1.38. The fourth-order valence-corrected chi connectivity index (χ4v) is 0.0772. The van der Waals surface area contributed by atoms with Crippen LogP contribution in [-0.4, -0.2) is 14.2 Å². The molecule has 0 aliphatic heterocycles. The number of nitriles is 1. The summed E-state index contributed by atoms with van der Waals surface area (Å²) in [6.07, 6.45) is -0.998. The quantitative estimate of drug-likeness (QED) is 0.443. The number of nitrogens with zero attached hydrogens (tertiary/aromatic N) is 1. The second kappa shape index (κ2) is 8.62. The van der Waals surface area contributed by atoms with Crippen molar-refractivity contribution in [1.29, 1.82) is 5.26 Å². The van der Waals surface area contributed by atoms with Crippen LogP contribution in [0.3, 0.4) is 0 Å². The topological polar surface area (TPSA) is 42.2 Å². The van der Waals surface area contributed by atoms with Crippen molar-refractivity contribution in [2.24, 2.45) is 0 Å². The average Bonchev–Trinajstić information content (AvgIpc) is 2.03. The lowest BCUT2D eigenvalue weighted by atomic mass is 11.0. The smallest absolute Gasteiger partial charge is 0.342 e. The molecule has 0 amide bonds. The van der Waals surface area contributed by atoms with Gasteiger partial charge in [0.05, 0.1) is 14.2 Å². The molecule has 0 radical (unpaired) electrons. The molecule has 6 heteroatoms. The summed E-state index contributed by atoms with van der Waals surface area (Å²) >= 11 is 0. The number of halogens is 3. The summed E-state index contributed by atoms with van der Waals surface area (Å²) in [6, 6.07) is -1.82. The second-order valence-electron chi connectivity index (χ2n) is 1.03. The van der Waals surface area contributed by atoms with Gasteiger partial charge in [0, 0.05) is 0 Å². The van der Waals surface area contributed by atoms with Gasteiger partial charge in [-0.05, 0) is 0 Å². The van der Waals surface area contributed by atoms with E-state index in [2.05, 4.69) is 9.47 Å². The predicted molar refractivity (Wildman–Crippen MR) is 30.0 cm³/mol. The van der Waals surface area contributed by atoms with Crippen LogP contribution in [0, 0.1) is 11.5 Å². The molecule has 0 unspecified atom stereocenters. The molecule has 0 aliphatic rings. The molecule has 0 saturated carbocycles. The minimum Gasteiger partial charge on any atom is -0.470 e. The molecule has 0 aliphatic carbocycles. The average molecular weight is 169 g/mol. The van der Waals surface area contributed by atoms with E-state index >= 15 is 0 Å². The van der Waals surface area contributed by atoms with Gasteiger partial charge in [0.2, 0.25) is 0 Å². The number of methoxy groups -OCH3 is 2. The molecular weight excluding hydrogens is 163 g/mol. The zero-order chi connectivity index (χ0) is 9.28. The van der Waals surface area contributed by atoms with Crippen LogP contribution in [-0.2, 0) is 9.47 Å². The van der Waals surface area contributed by atoms with Crippen LogP contribution in [0.15, 0.2) is 12.1 Å². The molecule has 0 aromatic rings. The number of rotatable bonds is 1. The van der Waals surface area contributed by atoms with E-state index in [9.17, 15) is 13.2 Å². The van der Waals surface area contributed by atoms with Crippen LogP contribution in [0.25, 0.3) is 0 Å². The van der Waals surface area contributed by atoms with Crippen LogP contribution in [0.2, 0.25) is 0 Å². The lowest BCUT2D eigenvalue weighted by Crippen LogP contribution is -1.76. The monoisotopic (exact) mass is 169 g/mol. The molecular formula is C5H6F3NO2. The largest absolute Gasteiger partial charge is 0.470 e. The highest BCUT2D eigenvalue weighted by molar-refractivity contribution is 4.79. The summed E-state index contributed by atoms with van der Waals surface area (Å²) in [4.78, 5) is 0. The first-order valence-electron chi connectivity index (χ1n) is 2.27. The van der Waals surface area contributed by atoms with Crippen molar-refractivity contribution in [2.45, 2.75) is 0 Å². The van der Waals surface area contributed by atoms with Crippen LogP contribution >= 0.6 is 0 Å². The van der Waals surface area contributed by atoms with E-state index in [4.69, 9.17) is 5.26 Å². The van der Waals surface area contributed by atoms with Gasteiger partial charge in [-0.15, -0.1) is 0 Å². The minimum atomic E-state index is -2.43. The Labute approximate surface area is 61.6 Å². The molecule has 0 fully saturated rings. The summed E-state index contributed by atoms with van der Waals surface area (Å²) in [5.74, 6) is 0. The van der Waals surface area contributed by atoms with E-state index in [0.717, 1.165) is 7.11 Å². The van der Waals surface area contributed by atoms with Crippen LogP contribution in [0.1, 0.15) is 0 Å². The lowest BCUT2D eigenvalue weighted by Gasteiger charge is -1.87. The maximum atomic E-state index is 11.2. The van der Waals surface area contributed by atoms with Gasteiger partial charge < -0.3 is 9.47 Å². The lowest BCUT2D eigenvalue weighted by molar-refractivity contribution is 0.166. The standard InChI is InChI=1S/C3H3F3O.C2H3NO/c1-7-3(6)2(4)5;1-4-2-3/h1H3;1H3. The van der Waals surface area contributed by atoms with Gasteiger partial charge in [0.25, 0.3) is 6.26 Å². The SMILES string of the molecule is COC#N.COC(F)=C(F)F. The van der Waals surface area contributed by atoms with Crippen LogP contribution in [0.5, 0.6) is 0 Å². The van der Waals surface area contributed by atoms with Gasteiger partial charge in [-0.25, -0.2) is 0 Å². The summed E-state index contributed by atoms with van der Waals surface area (Å²) < 4.78 is 40.1. The summed E-state index contributed by atoms with van der Waals surface area (Å²) in [7, 11) is 2.15. The van der Waals surface area contributed by atoms with E-state index in [1.807, 2.05) is 0 Å². The van der Waals surface area contributed by atoms with Crippen molar-refractivity contribution in [3.05, 3.63) is 12.1 Å². The molecule has 0 rings (SSSR count). The van der Waals surface area contributed by atoms with Crippen molar-refractivity contribution < 1.29 is 22.6 Å². The molecule has 64 valence electrons. The second-order valence-corrected chi connectivity index (χ2v) is 1.03. The van der Waals surface area contributed by atoms with E-state index in [-0.39, 0.29) is 0 Å². The third kappa shape index (κ3) is 12.0. The molecule has 0 aromatic carbocycles. The summed E-state index contributed by atoms with van der Waals surface area (Å²) in [5, 5.41) is 7.40. The van der Waals surface area contributed by atoms with Gasteiger partial charge in [-0.2, -0.15) is 18.4 Å². The van der Waals surface area contributed by atoms with E-state index in [1.54, 1.807) is 0 Å². The first-order valence-corrected chi connectivity index (χ1v) is 2.27. The molecule has 0 spiro atoms. The zero-order valence-corrected chi connectivity index (χ0v) is 5.90. The van der Waals surface area contributed by atoms with Gasteiger partial charge in [-0.1, -0.05) is 0 Å². The molecule has 3 nitrogen and oxygen atoms in total. The van der Waals surface area contributed by atoms with Crippen molar-refractivity contribution in [1.82, 2.24) is 0 Å². The van der Waals surface area contributed by atoms with E-state index in [0.29, 0.717) is 0 Å². The fourth-order valence-electron chi connectivity index (χ4n) is 0.0772. The highest BCUT2D eigenvalue weighted by Gasteiger charge is 2.00. The summed E-state index contributed by atoms with van der Waals surface area (Å²) in [5.41, 5.74) is 0. The fraction of sp³-hybridized carbons (Fsp3) is 0.400. The number of ether oxygens (including phenoxy) is 2. The van der Waals surface area contributed by atoms with Crippen molar-refractivity contribution >= 4 is 0 Å². The molecule has 0 bridgehead atoms. The molecule has 0 aromatic heterocycles. The Morgan fingerprint density at radius 1 is 1.27 bits per heavy atom. The van der Waals surface area contributed by atoms with E-state index < -0.39 is 12.1 Å². The Kier molecular flexibility index (Phi) is 9.65. The van der Waals surface area contributed by atoms with Crippen LogP contribution in [0.4, 0.5) is 13.2 Å². The summed E-state index contributed by atoms with van der Waals surface area (Å²) in [6.45, 7) is 0. The predicted octanol–water partition coefficient (Wildman–Crippen LogP) is 1.78. The first kappa shape index (κ1) is 12.3. The maximum Gasteiger partial charge on any atom is 0.342 e. The molecule has 11 heavy (non-hydrogen) atoms. The third-order valence-electron chi connectivity index (χ3n) is 0.419. The van der Waals surface area contributed by atoms with Crippen molar-refractivity contribution in [2.75, 3.05) is 14.2 Å². The third-order valence-corrected chi connectivity index (χ3v) is 0.419. The maximum absolute atomic E-state index is 11.2. The van der Waals surface area contributed by atoms with Gasteiger partial charge in [0.15, 0.2) is 0 Å². The van der Waals surface area contributed by atoms with Gasteiger partial charge in [0.1, 0.15) is 0 Å². The molecule has 0 atom stereocenters. The van der Waals surface area contributed by atoms with Gasteiger partial charge >= 0.3 is 12.1 Å². The Morgan fingerprint density at radius 3 is 1.64 bits per heavy atom. The normalized spacial score (nSPS) is 6.55. The highest BCUT2D eigenvalue weighted by atomic mass is 19.3. The number of hydrogen-bond donors (Lipinski definition) is 0. The highest BCUT2D eigenvalue weighted by Crippen LogP contribution is 2.07. The van der Waals surface area contributed by atoms with Gasteiger partial charge in [-0.3, -0.25) is 0 Å². The Bertz CT molecular complexity index is 160. The zero-order valence-electron chi connectivity index (χ0n) is 5.90. The first-order chi connectivity index (χ1) is 5.09. The van der Waals surface area contributed by atoms with E-state index in [1.165, 1.54) is 13.4 Å². The van der Waals surface area contributed by atoms with Crippen molar-refractivity contribution in [3.8, 4) is 6.26 Å². The molecule has 0 heterocycles. The van der Waals surface area contributed by atoms with Crippen LogP contribution < -0.4 is 0 Å². The molecule has 0 saturated heterocycles. The minimum absolute atomic E-state index is 0.828. The Morgan fingerprint density at radius 2 is 1.64 bits per heavy atom. The number of hydrogen-bond acceptors (Lipinski definition) is 3.